The number of rotatable bonds is 7. The van der Waals surface area contributed by atoms with Crippen molar-refractivity contribution >= 4 is 23.5 Å². The molecule has 0 aromatic carbocycles. The maximum absolute atomic E-state index is 11.3. The van der Waals surface area contributed by atoms with Gasteiger partial charge in [0.25, 0.3) is 0 Å². The Labute approximate surface area is 118 Å². The highest BCUT2D eigenvalue weighted by molar-refractivity contribution is 8.00. The van der Waals surface area contributed by atoms with E-state index in [1.54, 1.807) is 18.7 Å². The highest BCUT2D eigenvalue weighted by atomic mass is 32.2. The number of hydrogen-bond donors (Lipinski definition) is 2. The quantitative estimate of drug-likeness (QED) is 0.806. The first-order chi connectivity index (χ1) is 8.90. The molecular formula is C13H23N3O2S. The van der Waals surface area contributed by atoms with Gasteiger partial charge in [-0.25, -0.2) is 4.79 Å². The molecule has 1 aromatic heterocycles. The summed E-state index contributed by atoms with van der Waals surface area (Å²) >= 11 is 1.82. The summed E-state index contributed by atoms with van der Waals surface area (Å²) in [7, 11) is 1.76. The Morgan fingerprint density at radius 2 is 2.05 bits per heavy atom. The summed E-state index contributed by atoms with van der Waals surface area (Å²) in [6, 6.07) is 0. The lowest BCUT2D eigenvalue weighted by molar-refractivity contribution is 0.0697. The third-order valence-electron chi connectivity index (χ3n) is 3.74. The van der Waals surface area contributed by atoms with Gasteiger partial charge in [-0.3, -0.25) is 4.68 Å². The first-order valence-corrected chi connectivity index (χ1v) is 7.69. The number of aryl methyl sites for hydroxylation is 2. The van der Waals surface area contributed by atoms with Gasteiger partial charge in [-0.1, -0.05) is 13.8 Å². The van der Waals surface area contributed by atoms with Crippen molar-refractivity contribution in [3.8, 4) is 0 Å². The van der Waals surface area contributed by atoms with Crippen LogP contribution in [0.4, 0.5) is 5.82 Å². The summed E-state index contributed by atoms with van der Waals surface area (Å²) in [6.07, 6.45) is 4.18. The molecule has 0 fully saturated rings. The Balaban J connectivity index is 2.97. The maximum Gasteiger partial charge on any atom is 0.341 e. The van der Waals surface area contributed by atoms with E-state index in [4.69, 9.17) is 0 Å². The predicted octanol–water partition coefficient (Wildman–Crippen LogP) is 2.76. The number of aromatic carboxylic acids is 1. The van der Waals surface area contributed by atoms with Crippen molar-refractivity contribution in [1.29, 1.82) is 0 Å². The third kappa shape index (κ3) is 3.23. The van der Waals surface area contributed by atoms with Gasteiger partial charge in [-0.15, -0.1) is 0 Å². The van der Waals surface area contributed by atoms with E-state index < -0.39 is 5.97 Å². The lowest BCUT2D eigenvalue weighted by Crippen LogP contribution is -2.32. The molecule has 0 unspecified atom stereocenters. The maximum atomic E-state index is 11.3. The van der Waals surface area contributed by atoms with E-state index in [-0.39, 0.29) is 10.3 Å². The molecule has 2 N–H and O–H groups in total. The fraction of sp³-hybridized carbons (Fsp3) is 0.692. The Bertz CT molecular complexity index is 445. The molecule has 1 heterocycles. The summed E-state index contributed by atoms with van der Waals surface area (Å²) in [5.41, 5.74) is 0.810. The van der Waals surface area contributed by atoms with Gasteiger partial charge in [0.2, 0.25) is 0 Å². The molecule has 1 rings (SSSR count). The van der Waals surface area contributed by atoms with Crippen molar-refractivity contribution in [2.75, 3.05) is 18.1 Å². The summed E-state index contributed by atoms with van der Waals surface area (Å²) < 4.78 is 1.74. The van der Waals surface area contributed by atoms with Crippen molar-refractivity contribution in [3.63, 3.8) is 0 Å². The van der Waals surface area contributed by atoms with Gasteiger partial charge < -0.3 is 10.4 Å². The molecule has 0 aliphatic rings. The minimum absolute atomic E-state index is 0.133. The third-order valence-corrected chi connectivity index (χ3v) is 5.32. The van der Waals surface area contributed by atoms with Crippen LogP contribution < -0.4 is 5.32 Å². The van der Waals surface area contributed by atoms with Crippen LogP contribution >= 0.6 is 11.8 Å². The van der Waals surface area contributed by atoms with E-state index in [1.165, 1.54) is 0 Å². The van der Waals surface area contributed by atoms with Crippen molar-refractivity contribution in [2.45, 2.75) is 38.4 Å². The Kier molecular flexibility index (Phi) is 5.29. The molecular weight excluding hydrogens is 262 g/mol. The van der Waals surface area contributed by atoms with Gasteiger partial charge >= 0.3 is 5.97 Å². The first kappa shape index (κ1) is 15.9. The van der Waals surface area contributed by atoms with Gasteiger partial charge in [0.05, 0.1) is 5.69 Å². The van der Waals surface area contributed by atoms with E-state index in [2.05, 4.69) is 30.5 Å². The number of nitrogens with one attached hydrogen (secondary N) is 1. The van der Waals surface area contributed by atoms with Crippen LogP contribution in [-0.4, -0.2) is 38.4 Å². The average Bonchev–Trinajstić information content (AvgIpc) is 2.66. The molecule has 0 radical (unpaired) electrons. The van der Waals surface area contributed by atoms with Crippen LogP contribution in [0.2, 0.25) is 0 Å². The summed E-state index contributed by atoms with van der Waals surface area (Å²) in [6.45, 7) is 6.78. The summed E-state index contributed by atoms with van der Waals surface area (Å²) in [4.78, 5) is 11.3. The first-order valence-electron chi connectivity index (χ1n) is 6.46. The number of thioether (sulfide) groups is 1. The molecule has 0 amide bonds. The molecule has 0 atom stereocenters. The summed E-state index contributed by atoms with van der Waals surface area (Å²) in [5, 5.41) is 16.7. The molecule has 0 saturated carbocycles. The van der Waals surface area contributed by atoms with Crippen molar-refractivity contribution in [3.05, 3.63) is 11.3 Å². The second kappa shape index (κ2) is 6.32. The second-order valence-electron chi connectivity index (χ2n) is 4.69. The van der Waals surface area contributed by atoms with Crippen LogP contribution in [0.1, 0.15) is 42.7 Å². The second-order valence-corrected chi connectivity index (χ2v) is 5.96. The number of hydrogen-bond acceptors (Lipinski definition) is 4. The number of nitrogens with zero attached hydrogens (tertiary/aromatic N) is 2. The number of aromatic nitrogens is 2. The van der Waals surface area contributed by atoms with Crippen LogP contribution in [-0.2, 0) is 7.05 Å². The van der Waals surface area contributed by atoms with Gasteiger partial charge in [0, 0.05) is 18.3 Å². The molecule has 0 bridgehead atoms. The van der Waals surface area contributed by atoms with E-state index in [0.717, 1.165) is 19.4 Å². The van der Waals surface area contributed by atoms with Gasteiger partial charge in [0.15, 0.2) is 0 Å². The topological polar surface area (TPSA) is 67.2 Å². The Hall–Kier alpha value is -1.17. The van der Waals surface area contributed by atoms with Crippen molar-refractivity contribution in [1.82, 2.24) is 9.78 Å². The lowest BCUT2D eigenvalue weighted by Gasteiger charge is -2.30. The average molecular weight is 285 g/mol. The van der Waals surface area contributed by atoms with E-state index in [1.807, 2.05) is 11.8 Å². The predicted molar refractivity (Wildman–Crippen MR) is 80.2 cm³/mol. The SMILES string of the molecule is CCC(CC)(CNc1c(C(=O)O)c(C)nn1C)SC. The number of carbonyl (C=O) groups is 1. The monoisotopic (exact) mass is 285 g/mol. The van der Waals surface area contributed by atoms with Gasteiger partial charge in [-0.05, 0) is 26.0 Å². The molecule has 1 aromatic rings. The van der Waals surface area contributed by atoms with Crippen LogP contribution in [0.15, 0.2) is 0 Å². The molecule has 0 spiro atoms. The van der Waals surface area contributed by atoms with E-state index in [0.29, 0.717) is 11.5 Å². The Morgan fingerprint density at radius 1 is 1.47 bits per heavy atom. The smallest absolute Gasteiger partial charge is 0.341 e. The Morgan fingerprint density at radius 3 is 2.47 bits per heavy atom. The molecule has 19 heavy (non-hydrogen) atoms. The standard InChI is InChI=1S/C13H23N3O2S/c1-6-13(7-2,19-5)8-14-11-10(12(17)18)9(3)15-16(11)4/h14H,6-8H2,1-5H3,(H,17,18). The van der Waals surface area contributed by atoms with Crippen LogP contribution in [0, 0.1) is 6.92 Å². The molecule has 0 saturated heterocycles. The van der Waals surface area contributed by atoms with Crippen LogP contribution in [0.25, 0.3) is 0 Å². The fourth-order valence-electron chi connectivity index (χ4n) is 2.22. The lowest BCUT2D eigenvalue weighted by atomic mass is 10.0. The molecule has 108 valence electrons. The molecule has 0 aliphatic carbocycles. The minimum atomic E-state index is -0.934. The highest BCUT2D eigenvalue weighted by Crippen LogP contribution is 2.31. The van der Waals surface area contributed by atoms with Crippen molar-refractivity contribution in [2.24, 2.45) is 7.05 Å². The number of anilines is 1. The largest absolute Gasteiger partial charge is 0.477 e. The molecule has 5 nitrogen and oxygen atoms in total. The van der Waals surface area contributed by atoms with Crippen molar-refractivity contribution < 1.29 is 9.90 Å². The summed E-state index contributed by atoms with van der Waals surface area (Å²) in [5.74, 6) is -0.346. The zero-order valence-corrected chi connectivity index (χ0v) is 13.1. The highest BCUT2D eigenvalue weighted by Gasteiger charge is 2.27. The fourth-order valence-corrected chi connectivity index (χ4v) is 3.02. The zero-order valence-electron chi connectivity index (χ0n) is 12.3. The minimum Gasteiger partial charge on any atom is -0.477 e. The van der Waals surface area contributed by atoms with Crippen LogP contribution in [0.3, 0.4) is 0 Å². The van der Waals surface area contributed by atoms with E-state index >= 15 is 0 Å². The molecule has 6 heteroatoms. The normalized spacial score (nSPS) is 11.6. The number of carboxylic acid groups (broad SMARTS) is 1. The van der Waals surface area contributed by atoms with E-state index in [9.17, 15) is 9.90 Å². The molecule has 0 aliphatic heterocycles. The zero-order chi connectivity index (χ0) is 14.6. The van der Waals surface area contributed by atoms with Gasteiger partial charge in [0.1, 0.15) is 11.4 Å². The van der Waals surface area contributed by atoms with Gasteiger partial charge in [-0.2, -0.15) is 16.9 Å². The number of carboxylic acids is 1. The van der Waals surface area contributed by atoms with Crippen LogP contribution in [0.5, 0.6) is 0 Å².